The van der Waals surface area contributed by atoms with Gasteiger partial charge in [0.1, 0.15) is 0 Å². The van der Waals surface area contributed by atoms with E-state index in [1.807, 2.05) is 6.07 Å². The smallest absolute Gasteiger partial charge is 0.0941 e. The van der Waals surface area contributed by atoms with Gasteiger partial charge in [-0.05, 0) is 29.3 Å². The molecule has 1 aromatic heterocycles. The van der Waals surface area contributed by atoms with Crippen molar-refractivity contribution in [2.24, 2.45) is 0 Å². The normalized spacial score (nSPS) is 11.1. The van der Waals surface area contributed by atoms with Gasteiger partial charge in [0.2, 0.25) is 0 Å². The third kappa shape index (κ3) is 1.76. The van der Waals surface area contributed by atoms with Crippen LogP contribution in [-0.2, 0) is 5.88 Å². The highest BCUT2D eigenvalue weighted by atomic mass is 35.5. The van der Waals surface area contributed by atoms with Crippen LogP contribution in [0.5, 0.6) is 0 Å². The largest absolute Gasteiger partial charge is 0.128 e. The average molecular weight is 263 g/mol. The van der Waals surface area contributed by atoms with Crippen molar-refractivity contribution >= 4 is 56.4 Å². The molecule has 2 rings (SSSR count). The topological polar surface area (TPSA) is 0 Å². The number of thiophene rings is 1. The summed E-state index contributed by atoms with van der Waals surface area (Å²) in [6.45, 7) is 0. The molecule has 0 amide bonds. The molecule has 0 N–H and O–H groups in total. The lowest BCUT2D eigenvalue weighted by Crippen LogP contribution is -1.79. The van der Waals surface area contributed by atoms with E-state index in [-0.39, 0.29) is 0 Å². The van der Waals surface area contributed by atoms with Crippen LogP contribution in [0.1, 0.15) is 5.56 Å². The number of alkyl halides is 1. The summed E-state index contributed by atoms with van der Waals surface area (Å²) < 4.78 is 2.08. The number of hydrogen-bond donors (Lipinski definition) is 0. The van der Waals surface area contributed by atoms with Gasteiger partial charge < -0.3 is 0 Å². The minimum absolute atomic E-state index is 0.540. The third-order valence-corrected chi connectivity index (χ3v) is 4.57. The molecule has 0 nitrogen and oxygen atoms in total. The second kappa shape index (κ2) is 4.31. The minimum atomic E-state index is 0.540. The fraction of sp³-hybridized carbons (Fsp3) is 0.200. The van der Waals surface area contributed by atoms with Crippen LogP contribution in [0.4, 0.5) is 0 Å². The molecule has 0 aliphatic heterocycles. The Kier molecular flexibility index (Phi) is 3.27. The van der Waals surface area contributed by atoms with Gasteiger partial charge in [0.25, 0.3) is 0 Å². The lowest BCUT2D eigenvalue weighted by atomic mass is 10.1. The molecule has 0 unspecified atom stereocenters. The van der Waals surface area contributed by atoms with Crippen LogP contribution in [0.25, 0.3) is 10.1 Å². The first kappa shape index (κ1) is 10.6. The van der Waals surface area contributed by atoms with Crippen molar-refractivity contribution in [2.45, 2.75) is 10.8 Å². The third-order valence-electron chi connectivity index (χ3n) is 2.07. The molecule has 4 heteroatoms. The standard InChI is InChI=1S/C10H8Cl2S2/c1-13-8-3-2-6(5-11)7-4-9(12)14-10(7)8/h2-4H,5H2,1H3. The fourth-order valence-electron chi connectivity index (χ4n) is 1.40. The molecule has 0 fully saturated rings. The van der Waals surface area contributed by atoms with Crippen LogP contribution in [0, 0.1) is 0 Å². The van der Waals surface area contributed by atoms with Crippen LogP contribution in [0.3, 0.4) is 0 Å². The predicted octanol–water partition coefficient (Wildman–Crippen LogP) is 5.02. The SMILES string of the molecule is CSc1ccc(CCl)c2cc(Cl)sc12. The molecule has 0 atom stereocenters. The van der Waals surface area contributed by atoms with E-state index in [2.05, 4.69) is 18.4 Å². The number of rotatable bonds is 2. The Labute approximate surface area is 101 Å². The lowest BCUT2D eigenvalue weighted by Gasteiger charge is -2.02. The van der Waals surface area contributed by atoms with Crippen LogP contribution in [0.15, 0.2) is 23.1 Å². The van der Waals surface area contributed by atoms with E-state index in [1.165, 1.54) is 15.0 Å². The molecule has 1 heterocycles. The monoisotopic (exact) mass is 262 g/mol. The fourth-order valence-corrected chi connectivity index (χ4v) is 3.69. The van der Waals surface area contributed by atoms with E-state index >= 15 is 0 Å². The number of halogens is 2. The zero-order valence-electron chi connectivity index (χ0n) is 7.51. The molecule has 0 aliphatic rings. The summed E-state index contributed by atoms with van der Waals surface area (Å²) in [5.74, 6) is 0.540. The molecular formula is C10H8Cl2S2. The zero-order chi connectivity index (χ0) is 10.1. The van der Waals surface area contributed by atoms with E-state index in [0.29, 0.717) is 5.88 Å². The Morgan fingerprint density at radius 2 is 2.21 bits per heavy atom. The van der Waals surface area contributed by atoms with E-state index in [9.17, 15) is 0 Å². The van der Waals surface area contributed by atoms with Crippen molar-refractivity contribution in [2.75, 3.05) is 6.26 Å². The molecule has 0 saturated heterocycles. The van der Waals surface area contributed by atoms with Gasteiger partial charge in [0.05, 0.1) is 4.34 Å². The summed E-state index contributed by atoms with van der Waals surface area (Å²) in [6.07, 6.45) is 2.07. The van der Waals surface area contributed by atoms with Crippen LogP contribution in [0.2, 0.25) is 4.34 Å². The molecule has 0 bridgehead atoms. The highest BCUT2D eigenvalue weighted by molar-refractivity contribution is 7.99. The molecule has 1 aromatic carbocycles. The number of benzene rings is 1. The Morgan fingerprint density at radius 3 is 2.86 bits per heavy atom. The summed E-state index contributed by atoms with van der Waals surface area (Å²) >= 11 is 15.2. The molecule has 14 heavy (non-hydrogen) atoms. The van der Waals surface area contributed by atoms with Crippen molar-refractivity contribution < 1.29 is 0 Å². The van der Waals surface area contributed by atoms with E-state index in [1.54, 1.807) is 23.1 Å². The van der Waals surface area contributed by atoms with E-state index < -0.39 is 0 Å². The Balaban J connectivity index is 2.77. The van der Waals surface area contributed by atoms with Gasteiger partial charge in [0, 0.05) is 15.5 Å². The maximum Gasteiger partial charge on any atom is 0.0941 e. The van der Waals surface area contributed by atoms with Crippen LogP contribution in [-0.4, -0.2) is 6.26 Å². The first-order valence-corrected chi connectivity index (χ1v) is 7.02. The van der Waals surface area contributed by atoms with Gasteiger partial charge in [-0.1, -0.05) is 17.7 Å². The molecule has 74 valence electrons. The average Bonchev–Trinajstić information content (AvgIpc) is 2.57. The van der Waals surface area contributed by atoms with Crippen molar-refractivity contribution in [1.29, 1.82) is 0 Å². The maximum absolute atomic E-state index is 6.01. The van der Waals surface area contributed by atoms with Crippen molar-refractivity contribution in [1.82, 2.24) is 0 Å². The van der Waals surface area contributed by atoms with Gasteiger partial charge in [0.15, 0.2) is 0 Å². The Hall–Kier alpha value is 0.110. The number of thioether (sulfide) groups is 1. The summed E-state index contributed by atoms with van der Waals surface area (Å²) in [4.78, 5) is 1.27. The van der Waals surface area contributed by atoms with Gasteiger partial charge in [-0.25, -0.2) is 0 Å². The molecule has 0 saturated carbocycles. The van der Waals surface area contributed by atoms with Crippen LogP contribution >= 0.6 is 46.3 Å². The second-order valence-corrected chi connectivity index (χ2v) is 5.65. The lowest BCUT2D eigenvalue weighted by molar-refractivity contribution is 1.42. The summed E-state index contributed by atoms with van der Waals surface area (Å²) in [6, 6.07) is 6.18. The van der Waals surface area contributed by atoms with Crippen molar-refractivity contribution in [3.8, 4) is 0 Å². The van der Waals surface area contributed by atoms with E-state index in [4.69, 9.17) is 23.2 Å². The van der Waals surface area contributed by atoms with Gasteiger partial charge in [-0.3, -0.25) is 0 Å². The van der Waals surface area contributed by atoms with Gasteiger partial charge in [-0.15, -0.1) is 34.7 Å². The summed E-state index contributed by atoms with van der Waals surface area (Å²) in [7, 11) is 0. The summed E-state index contributed by atoms with van der Waals surface area (Å²) in [5.41, 5.74) is 1.16. The van der Waals surface area contributed by atoms with Crippen molar-refractivity contribution in [3.63, 3.8) is 0 Å². The zero-order valence-corrected chi connectivity index (χ0v) is 10.7. The second-order valence-electron chi connectivity index (χ2n) is 2.85. The molecule has 0 radical (unpaired) electrons. The predicted molar refractivity (Wildman–Crippen MR) is 68.2 cm³/mol. The maximum atomic E-state index is 6.01. The Bertz CT molecular complexity index is 421. The molecule has 0 aliphatic carbocycles. The van der Waals surface area contributed by atoms with E-state index in [0.717, 1.165) is 9.90 Å². The molecule has 2 aromatic rings. The number of fused-ring (bicyclic) bond motifs is 1. The van der Waals surface area contributed by atoms with Gasteiger partial charge >= 0.3 is 0 Å². The first-order chi connectivity index (χ1) is 6.76. The Morgan fingerprint density at radius 1 is 1.43 bits per heavy atom. The van der Waals surface area contributed by atoms with Gasteiger partial charge in [-0.2, -0.15) is 0 Å². The first-order valence-electron chi connectivity index (χ1n) is 4.07. The highest BCUT2D eigenvalue weighted by Gasteiger charge is 2.08. The van der Waals surface area contributed by atoms with Crippen LogP contribution < -0.4 is 0 Å². The molecule has 0 spiro atoms. The number of hydrogen-bond acceptors (Lipinski definition) is 2. The molecular weight excluding hydrogens is 255 g/mol. The minimum Gasteiger partial charge on any atom is -0.128 e. The quantitative estimate of drug-likeness (QED) is 0.541. The highest BCUT2D eigenvalue weighted by Crippen LogP contribution is 2.38. The summed E-state index contributed by atoms with van der Waals surface area (Å²) in [5, 5.41) is 1.20. The van der Waals surface area contributed by atoms with Crippen molar-refractivity contribution in [3.05, 3.63) is 28.1 Å².